The molecule has 0 atom stereocenters. The van der Waals surface area contributed by atoms with Gasteiger partial charge in [-0.15, -0.1) is 22.7 Å². The van der Waals surface area contributed by atoms with Crippen molar-refractivity contribution in [1.82, 2.24) is 0 Å². The lowest BCUT2D eigenvalue weighted by Crippen LogP contribution is -2.05. The van der Waals surface area contributed by atoms with Crippen LogP contribution in [0.15, 0.2) is 29.3 Å². The fraction of sp³-hybridized carbons (Fsp3) is 0.263. The van der Waals surface area contributed by atoms with E-state index in [2.05, 4.69) is 4.99 Å². The van der Waals surface area contributed by atoms with Crippen LogP contribution in [0.4, 0.5) is 5.00 Å². The molecule has 0 fully saturated rings. The Balaban J connectivity index is 1.83. The van der Waals surface area contributed by atoms with Crippen LogP contribution >= 0.6 is 22.7 Å². The van der Waals surface area contributed by atoms with Gasteiger partial charge in [0.2, 0.25) is 0 Å². The highest BCUT2D eigenvalue weighted by atomic mass is 32.1. The maximum absolute atomic E-state index is 11.8. The molecule has 0 amide bonds. The molecule has 1 aliphatic carbocycles. The predicted molar refractivity (Wildman–Crippen MR) is 103 cm³/mol. The van der Waals surface area contributed by atoms with Crippen LogP contribution in [-0.2, 0) is 12.8 Å². The molecule has 0 saturated heterocycles. The van der Waals surface area contributed by atoms with Crippen LogP contribution in [0.3, 0.4) is 0 Å². The monoisotopic (exact) mass is 371 g/mol. The SMILES string of the molecule is CC(=Nc1sc2c(c1C(=O)O)CCCC2)c1sc2ccccc2c1O. The summed E-state index contributed by atoms with van der Waals surface area (Å²) in [6.07, 6.45) is 3.88. The van der Waals surface area contributed by atoms with Gasteiger partial charge in [0.25, 0.3) is 0 Å². The van der Waals surface area contributed by atoms with Gasteiger partial charge in [-0.05, 0) is 50.3 Å². The summed E-state index contributed by atoms with van der Waals surface area (Å²) in [5.74, 6) is -0.688. The first kappa shape index (κ1) is 16.3. The lowest BCUT2D eigenvalue weighted by Gasteiger charge is -2.10. The number of aliphatic imine (C=N–C) groups is 1. The van der Waals surface area contributed by atoms with E-state index in [0.29, 0.717) is 21.2 Å². The van der Waals surface area contributed by atoms with Crippen LogP contribution in [0.5, 0.6) is 5.75 Å². The van der Waals surface area contributed by atoms with Crippen molar-refractivity contribution in [3.8, 4) is 5.75 Å². The normalized spacial score (nSPS) is 14.7. The summed E-state index contributed by atoms with van der Waals surface area (Å²) in [6, 6.07) is 7.67. The molecule has 4 nitrogen and oxygen atoms in total. The van der Waals surface area contributed by atoms with E-state index in [-0.39, 0.29) is 5.75 Å². The Bertz CT molecular complexity index is 1010. The molecule has 128 valence electrons. The van der Waals surface area contributed by atoms with Crippen molar-refractivity contribution < 1.29 is 15.0 Å². The Hall–Kier alpha value is -2.18. The number of aromatic hydroxyl groups is 1. The maximum Gasteiger partial charge on any atom is 0.339 e. The van der Waals surface area contributed by atoms with Crippen LogP contribution in [0.2, 0.25) is 0 Å². The molecule has 2 N–H and O–H groups in total. The van der Waals surface area contributed by atoms with Crippen molar-refractivity contribution in [2.75, 3.05) is 0 Å². The minimum atomic E-state index is -0.911. The molecule has 0 saturated carbocycles. The summed E-state index contributed by atoms with van der Waals surface area (Å²) in [5.41, 5.74) is 1.95. The zero-order valence-corrected chi connectivity index (χ0v) is 15.3. The van der Waals surface area contributed by atoms with E-state index in [1.165, 1.54) is 22.7 Å². The first-order chi connectivity index (χ1) is 12.1. The van der Waals surface area contributed by atoms with Crippen LogP contribution in [0.25, 0.3) is 10.1 Å². The summed E-state index contributed by atoms with van der Waals surface area (Å²) in [7, 11) is 0. The number of hydrogen-bond acceptors (Lipinski definition) is 5. The number of aromatic carboxylic acids is 1. The molecule has 6 heteroatoms. The number of nitrogens with zero attached hydrogens (tertiary/aromatic N) is 1. The molecular formula is C19H17NO3S2. The van der Waals surface area contributed by atoms with E-state index >= 15 is 0 Å². The number of fused-ring (bicyclic) bond motifs is 2. The van der Waals surface area contributed by atoms with Gasteiger partial charge >= 0.3 is 5.97 Å². The van der Waals surface area contributed by atoms with Gasteiger partial charge < -0.3 is 10.2 Å². The first-order valence-electron chi connectivity index (χ1n) is 8.20. The van der Waals surface area contributed by atoms with E-state index in [9.17, 15) is 15.0 Å². The van der Waals surface area contributed by atoms with Crippen molar-refractivity contribution in [1.29, 1.82) is 0 Å². The van der Waals surface area contributed by atoms with E-state index in [1.54, 1.807) is 0 Å². The van der Waals surface area contributed by atoms with Crippen molar-refractivity contribution in [3.63, 3.8) is 0 Å². The Morgan fingerprint density at radius 1 is 1.16 bits per heavy atom. The third-order valence-corrected chi connectivity index (χ3v) is 6.99. The Morgan fingerprint density at radius 3 is 2.68 bits per heavy atom. The molecule has 0 unspecified atom stereocenters. The Labute approximate surface area is 153 Å². The highest BCUT2D eigenvalue weighted by Gasteiger charge is 2.25. The third kappa shape index (κ3) is 2.75. The van der Waals surface area contributed by atoms with E-state index in [0.717, 1.165) is 46.2 Å². The number of carboxylic acids is 1. The molecule has 4 rings (SSSR count). The van der Waals surface area contributed by atoms with Gasteiger partial charge in [0, 0.05) is 15.0 Å². The lowest BCUT2D eigenvalue weighted by molar-refractivity contribution is 0.0697. The number of aryl methyl sites for hydroxylation is 1. The maximum atomic E-state index is 11.8. The molecule has 3 aromatic rings. The van der Waals surface area contributed by atoms with Gasteiger partial charge in [-0.25, -0.2) is 9.79 Å². The summed E-state index contributed by atoms with van der Waals surface area (Å²) in [6.45, 7) is 1.83. The summed E-state index contributed by atoms with van der Waals surface area (Å²) < 4.78 is 0.994. The van der Waals surface area contributed by atoms with Gasteiger partial charge in [-0.2, -0.15) is 0 Å². The summed E-state index contributed by atoms with van der Waals surface area (Å²) in [5, 5.41) is 21.5. The molecule has 25 heavy (non-hydrogen) atoms. The molecule has 0 spiro atoms. The van der Waals surface area contributed by atoms with Crippen molar-refractivity contribution >= 4 is 49.4 Å². The Morgan fingerprint density at radius 2 is 1.92 bits per heavy atom. The minimum absolute atomic E-state index is 0.222. The van der Waals surface area contributed by atoms with Crippen molar-refractivity contribution in [2.24, 2.45) is 4.99 Å². The second kappa shape index (κ2) is 6.28. The zero-order valence-electron chi connectivity index (χ0n) is 13.7. The molecule has 1 aliphatic rings. The summed E-state index contributed by atoms with van der Waals surface area (Å²) in [4.78, 5) is 18.2. The highest BCUT2D eigenvalue weighted by molar-refractivity contribution is 7.21. The fourth-order valence-electron chi connectivity index (χ4n) is 3.33. The van der Waals surface area contributed by atoms with E-state index < -0.39 is 5.97 Å². The number of hydrogen-bond donors (Lipinski definition) is 2. The number of thiophene rings is 2. The third-order valence-electron chi connectivity index (χ3n) is 4.53. The van der Waals surface area contributed by atoms with E-state index in [1.807, 2.05) is 31.2 Å². The van der Waals surface area contributed by atoms with Gasteiger partial charge in [-0.1, -0.05) is 12.1 Å². The topological polar surface area (TPSA) is 69.9 Å². The summed E-state index contributed by atoms with van der Waals surface area (Å²) >= 11 is 2.96. The molecule has 0 bridgehead atoms. The fourth-order valence-corrected chi connectivity index (χ4v) is 5.67. The molecular weight excluding hydrogens is 354 g/mol. The van der Waals surface area contributed by atoms with Crippen molar-refractivity contribution in [3.05, 3.63) is 45.1 Å². The molecule has 2 heterocycles. The van der Waals surface area contributed by atoms with Gasteiger partial charge in [0.1, 0.15) is 10.8 Å². The Kier molecular flexibility index (Phi) is 4.09. The molecule has 0 aliphatic heterocycles. The van der Waals surface area contributed by atoms with E-state index in [4.69, 9.17) is 0 Å². The van der Waals surface area contributed by atoms with Gasteiger partial charge in [0.15, 0.2) is 0 Å². The number of rotatable bonds is 3. The smallest absolute Gasteiger partial charge is 0.339 e. The van der Waals surface area contributed by atoms with Crippen LogP contribution in [0.1, 0.15) is 45.4 Å². The standard InChI is InChI=1S/C19H17NO3S2/c1-10(17-16(21)12-7-3-5-9-14(12)24-17)20-18-15(19(22)23)11-6-2-4-8-13(11)25-18/h3,5,7,9,21H,2,4,6,8H2,1H3,(H,22,23). The molecule has 0 radical (unpaired) electrons. The quantitative estimate of drug-likeness (QED) is 0.607. The van der Waals surface area contributed by atoms with Crippen LogP contribution < -0.4 is 0 Å². The first-order valence-corrected chi connectivity index (χ1v) is 9.83. The largest absolute Gasteiger partial charge is 0.506 e. The van der Waals surface area contributed by atoms with Gasteiger partial charge in [-0.3, -0.25) is 0 Å². The highest BCUT2D eigenvalue weighted by Crippen LogP contribution is 2.42. The average molecular weight is 371 g/mol. The number of carbonyl (C=O) groups is 1. The number of carboxylic acid groups (broad SMARTS) is 1. The molecule has 2 aromatic heterocycles. The predicted octanol–water partition coefficient (Wildman–Crippen LogP) is 5.39. The second-order valence-corrected chi connectivity index (χ2v) is 8.31. The van der Waals surface area contributed by atoms with Gasteiger partial charge in [0.05, 0.1) is 16.2 Å². The minimum Gasteiger partial charge on any atom is -0.506 e. The van der Waals surface area contributed by atoms with Crippen LogP contribution in [-0.4, -0.2) is 21.9 Å². The van der Waals surface area contributed by atoms with Crippen molar-refractivity contribution in [2.45, 2.75) is 32.6 Å². The molecule has 1 aromatic carbocycles. The lowest BCUT2D eigenvalue weighted by atomic mass is 9.95. The number of benzene rings is 1. The van der Waals surface area contributed by atoms with Crippen LogP contribution in [0, 0.1) is 0 Å². The average Bonchev–Trinajstić information content (AvgIpc) is 3.13. The second-order valence-electron chi connectivity index (χ2n) is 6.17. The zero-order chi connectivity index (χ0) is 17.6.